The lowest BCUT2D eigenvalue weighted by atomic mass is 9.94. The van der Waals surface area contributed by atoms with Gasteiger partial charge in [0.2, 0.25) is 0 Å². The third-order valence-corrected chi connectivity index (χ3v) is 4.68. The predicted molar refractivity (Wildman–Crippen MR) is 101 cm³/mol. The highest BCUT2D eigenvalue weighted by Gasteiger charge is 2.34. The first-order valence-corrected chi connectivity index (χ1v) is 8.78. The van der Waals surface area contributed by atoms with Crippen LogP contribution in [0.1, 0.15) is 27.6 Å². The van der Waals surface area contributed by atoms with Crippen LogP contribution in [0, 0.1) is 0 Å². The molecule has 3 aromatic rings. The van der Waals surface area contributed by atoms with Crippen LogP contribution in [0.3, 0.4) is 0 Å². The number of hydrogen-bond acceptors (Lipinski definition) is 6. The molecule has 0 bridgehead atoms. The van der Waals surface area contributed by atoms with Crippen molar-refractivity contribution in [1.82, 2.24) is 0 Å². The summed E-state index contributed by atoms with van der Waals surface area (Å²) in [5.41, 5.74) is 1.72. The smallest absolute Gasteiger partial charge is 0.338 e. The fourth-order valence-corrected chi connectivity index (χ4v) is 3.28. The van der Waals surface area contributed by atoms with Gasteiger partial charge in [-0.2, -0.15) is 0 Å². The summed E-state index contributed by atoms with van der Waals surface area (Å²) in [6.45, 7) is 0. The summed E-state index contributed by atoms with van der Waals surface area (Å²) < 4.78 is 11.8. The molecule has 3 N–H and O–H groups in total. The van der Waals surface area contributed by atoms with Gasteiger partial charge in [-0.25, -0.2) is 4.79 Å². The molecule has 1 aliphatic rings. The van der Waals surface area contributed by atoms with Gasteiger partial charge in [0.15, 0.2) is 23.4 Å². The van der Waals surface area contributed by atoms with Gasteiger partial charge in [0.1, 0.15) is 11.9 Å². The number of carbonyl (C=O) groups is 1. The van der Waals surface area contributed by atoms with Crippen LogP contribution in [0.15, 0.2) is 66.7 Å². The van der Waals surface area contributed by atoms with Crippen molar-refractivity contribution >= 4 is 5.97 Å². The Bertz CT molecular complexity index is 992. The molecule has 28 heavy (non-hydrogen) atoms. The molecule has 6 heteroatoms. The normalized spacial score (nSPS) is 18.0. The molecule has 2 atom stereocenters. The van der Waals surface area contributed by atoms with Gasteiger partial charge in [0.05, 0.1) is 5.56 Å². The summed E-state index contributed by atoms with van der Waals surface area (Å²) in [4.78, 5) is 12.6. The first-order chi connectivity index (χ1) is 13.5. The summed E-state index contributed by atoms with van der Waals surface area (Å²) in [6, 6.07) is 19.1. The maximum absolute atomic E-state index is 12.6. The average molecular weight is 378 g/mol. The highest BCUT2D eigenvalue weighted by Crippen LogP contribution is 2.38. The minimum atomic E-state index is -0.737. The summed E-state index contributed by atoms with van der Waals surface area (Å²) in [5, 5.41) is 28.8. The van der Waals surface area contributed by atoms with Gasteiger partial charge in [0.25, 0.3) is 0 Å². The van der Waals surface area contributed by atoms with Crippen LogP contribution in [-0.4, -0.2) is 27.4 Å². The van der Waals surface area contributed by atoms with E-state index in [4.69, 9.17) is 9.47 Å². The molecule has 6 nitrogen and oxygen atoms in total. The monoisotopic (exact) mass is 378 g/mol. The molecule has 0 amide bonds. The van der Waals surface area contributed by atoms with E-state index < -0.39 is 35.4 Å². The Balaban J connectivity index is 1.65. The Labute approximate surface area is 161 Å². The quantitative estimate of drug-likeness (QED) is 0.475. The van der Waals surface area contributed by atoms with Crippen LogP contribution in [0.2, 0.25) is 0 Å². The molecule has 0 saturated carbocycles. The van der Waals surface area contributed by atoms with Crippen molar-refractivity contribution in [3.63, 3.8) is 0 Å². The van der Waals surface area contributed by atoms with Gasteiger partial charge in [-0.15, -0.1) is 0 Å². The molecule has 3 aromatic carbocycles. The molecule has 0 unspecified atom stereocenters. The van der Waals surface area contributed by atoms with E-state index in [0.29, 0.717) is 6.42 Å². The van der Waals surface area contributed by atoms with Crippen LogP contribution < -0.4 is 4.74 Å². The molecule has 0 spiro atoms. The first kappa shape index (κ1) is 17.7. The van der Waals surface area contributed by atoms with E-state index in [1.165, 1.54) is 0 Å². The number of phenols is 3. The number of rotatable bonds is 3. The van der Waals surface area contributed by atoms with Crippen LogP contribution in [-0.2, 0) is 11.2 Å². The number of para-hydroxylation sites is 1. The van der Waals surface area contributed by atoms with Gasteiger partial charge in [-0.05, 0) is 29.3 Å². The molecule has 1 aliphatic heterocycles. The highest BCUT2D eigenvalue weighted by molar-refractivity contribution is 5.91. The third-order valence-electron chi connectivity index (χ3n) is 4.68. The summed E-state index contributed by atoms with van der Waals surface area (Å²) in [5.74, 6) is -1.88. The molecule has 1 heterocycles. The van der Waals surface area contributed by atoms with Crippen LogP contribution in [0.25, 0.3) is 0 Å². The standard InChI is InChI=1S/C22H18O6/c23-16-10-15(11-17(24)20(16)25)22(26)28-19-12-14-8-4-5-9-18(14)27-21(19)13-6-2-1-3-7-13/h1-11,19,21,23-25H,12H2/t19-,21+/m1/s1. The second-order valence-corrected chi connectivity index (χ2v) is 6.57. The van der Waals surface area contributed by atoms with E-state index in [0.717, 1.165) is 29.0 Å². The number of esters is 1. The Kier molecular flexibility index (Phi) is 4.53. The van der Waals surface area contributed by atoms with Crippen molar-refractivity contribution in [1.29, 1.82) is 0 Å². The molecular weight excluding hydrogens is 360 g/mol. The number of benzene rings is 3. The maximum Gasteiger partial charge on any atom is 0.338 e. The SMILES string of the molecule is O=C(O[C@@H]1Cc2ccccc2O[C@H]1c1ccccc1)c1cc(O)c(O)c(O)c1. The molecule has 0 aromatic heterocycles. The Morgan fingerprint density at radius 3 is 2.29 bits per heavy atom. The zero-order valence-electron chi connectivity index (χ0n) is 14.8. The minimum Gasteiger partial charge on any atom is -0.504 e. The number of aromatic hydroxyl groups is 3. The van der Waals surface area contributed by atoms with Gasteiger partial charge in [-0.1, -0.05) is 48.5 Å². The zero-order valence-corrected chi connectivity index (χ0v) is 14.8. The average Bonchev–Trinajstić information content (AvgIpc) is 2.71. The van der Waals surface area contributed by atoms with Crippen LogP contribution >= 0.6 is 0 Å². The summed E-state index contributed by atoms with van der Waals surface area (Å²) >= 11 is 0. The van der Waals surface area contributed by atoms with Crippen molar-refractivity contribution < 1.29 is 29.6 Å². The zero-order chi connectivity index (χ0) is 19.7. The van der Waals surface area contributed by atoms with Crippen molar-refractivity contribution in [2.24, 2.45) is 0 Å². The molecule has 0 aliphatic carbocycles. The van der Waals surface area contributed by atoms with Crippen molar-refractivity contribution in [2.45, 2.75) is 18.6 Å². The number of fused-ring (bicyclic) bond motifs is 1. The second kappa shape index (κ2) is 7.15. The summed E-state index contributed by atoms with van der Waals surface area (Å²) in [6.07, 6.45) is -0.653. The topological polar surface area (TPSA) is 96.2 Å². The van der Waals surface area contributed by atoms with E-state index in [2.05, 4.69) is 0 Å². The maximum atomic E-state index is 12.6. The van der Waals surface area contributed by atoms with Crippen molar-refractivity contribution in [3.05, 3.63) is 83.4 Å². The lowest BCUT2D eigenvalue weighted by Gasteiger charge is -2.33. The van der Waals surface area contributed by atoms with E-state index in [-0.39, 0.29) is 5.56 Å². The predicted octanol–water partition coefficient (Wildman–Crippen LogP) is 3.71. The first-order valence-electron chi connectivity index (χ1n) is 8.78. The van der Waals surface area contributed by atoms with Crippen molar-refractivity contribution in [3.8, 4) is 23.0 Å². The van der Waals surface area contributed by atoms with Crippen molar-refractivity contribution in [2.75, 3.05) is 0 Å². The Hall–Kier alpha value is -3.67. The Morgan fingerprint density at radius 2 is 1.57 bits per heavy atom. The number of phenolic OH excluding ortho intramolecular Hbond substituents is 3. The third kappa shape index (κ3) is 3.32. The number of hydrogen-bond donors (Lipinski definition) is 3. The molecule has 142 valence electrons. The largest absolute Gasteiger partial charge is 0.504 e. The van der Waals surface area contributed by atoms with Crippen LogP contribution in [0.4, 0.5) is 0 Å². The second-order valence-electron chi connectivity index (χ2n) is 6.57. The number of carbonyl (C=O) groups excluding carboxylic acids is 1. The number of ether oxygens (including phenoxy) is 2. The molecule has 0 radical (unpaired) electrons. The van der Waals surface area contributed by atoms with E-state index in [1.807, 2.05) is 54.6 Å². The minimum absolute atomic E-state index is 0.0709. The van der Waals surface area contributed by atoms with Gasteiger partial charge in [0, 0.05) is 6.42 Å². The van der Waals surface area contributed by atoms with Crippen LogP contribution in [0.5, 0.6) is 23.0 Å². The molecule has 0 fully saturated rings. The van der Waals surface area contributed by atoms with Gasteiger partial charge >= 0.3 is 5.97 Å². The fraction of sp³-hybridized carbons (Fsp3) is 0.136. The summed E-state index contributed by atoms with van der Waals surface area (Å²) in [7, 11) is 0. The fourth-order valence-electron chi connectivity index (χ4n) is 3.28. The van der Waals surface area contributed by atoms with Gasteiger partial charge in [-0.3, -0.25) is 0 Å². The molecule has 4 rings (SSSR count). The highest BCUT2D eigenvalue weighted by atomic mass is 16.6. The molecule has 0 saturated heterocycles. The van der Waals surface area contributed by atoms with E-state index >= 15 is 0 Å². The lowest BCUT2D eigenvalue weighted by molar-refractivity contribution is -0.0183. The van der Waals surface area contributed by atoms with E-state index in [1.54, 1.807) is 0 Å². The molecular formula is C22H18O6. The lowest BCUT2D eigenvalue weighted by Crippen LogP contribution is -2.34. The Morgan fingerprint density at radius 1 is 0.929 bits per heavy atom. The van der Waals surface area contributed by atoms with Gasteiger partial charge < -0.3 is 24.8 Å². The van der Waals surface area contributed by atoms with E-state index in [9.17, 15) is 20.1 Å².